The number of hydrogen-bond donors (Lipinski definition) is 2. The fraction of sp³-hybridized carbons (Fsp3) is 0.389. The van der Waals surface area contributed by atoms with Gasteiger partial charge in [-0.05, 0) is 32.0 Å². The summed E-state index contributed by atoms with van der Waals surface area (Å²) in [6.45, 7) is 6.99. The molecule has 25 heavy (non-hydrogen) atoms. The molecule has 2 atom stereocenters. The van der Waals surface area contributed by atoms with E-state index >= 15 is 0 Å². The number of nitrogen functional groups attached to an aromatic ring is 1. The second-order valence-electron chi connectivity index (χ2n) is 6.55. The zero-order valence-electron chi connectivity index (χ0n) is 14.7. The van der Waals surface area contributed by atoms with Crippen molar-refractivity contribution in [2.24, 2.45) is 0 Å². The Hall–Kier alpha value is -2.83. The highest BCUT2D eigenvalue weighted by Gasteiger charge is 2.32. The number of benzene rings is 1. The number of amides is 1. The van der Waals surface area contributed by atoms with Gasteiger partial charge in [0.25, 0.3) is 0 Å². The minimum absolute atomic E-state index is 0.0717. The lowest BCUT2D eigenvalue weighted by atomic mass is 10.1. The van der Waals surface area contributed by atoms with Gasteiger partial charge in [-0.3, -0.25) is 4.79 Å². The number of para-hydroxylation sites is 1. The van der Waals surface area contributed by atoms with Crippen molar-refractivity contribution in [2.75, 3.05) is 23.7 Å². The Morgan fingerprint density at radius 2 is 1.84 bits per heavy atom. The lowest BCUT2D eigenvalue weighted by Gasteiger charge is -2.45. The first-order valence-corrected chi connectivity index (χ1v) is 8.34. The third-order valence-electron chi connectivity index (χ3n) is 4.60. The molecule has 2 aromatic rings. The Morgan fingerprint density at radius 1 is 1.20 bits per heavy atom. The van der Waals surface area contributed by atoms with E-state index < -0.39 is 0 Å². The molecular formula is C18H23N5O2. The molecule has 0 unspecified atom stereocenters. The normalized spacial score (nSPS) is 20.6. The van der Waals surface area contributed by atoms with Gasteiger partial charge in [0.15, 0.2) is 5.82 Å². The Bertz CT molecular complexity index is 783. The molecule has 0 saturated carbocycles. The number of carbonyl (C=O) groups is 1. The number of anilines is 2. The molecule has 1 amide bonds. The Morgan fingerprint density at radius 3 is 2.44 bits per heavy atom. The summed E-state index contributed by atoms with van der Waals surface area (Å²) in [5.41, 5.74) is 8.01. The molecule has 3 rings (SSSR count). The number of rotatable bonds is 2. The van der Waals surface area contributed by atoms with E-state index in [2.05, 4.69) is 15.1 Å². The summed E-state index contributed by atoms with van der Waals surface area (Å²) >= 11 is 0. The third-order valence-corrected chi connectivity index (χ3v) is 4.60. The smallest absolute Gasteiger partial charge is 0.220 e. The molecule has 3 N–H and O–H groups in total. The number of piperazine rings is 1. The molecule has 1 aromatic heterocycles. The predicted molar refractivity (Wildman–Crippen MR) is 97.2 cm³/mol. The van der Waals surface area contributed by atoms with E-state index in [4.69, 9.17) is 5.73 Å². The molecule has 7 heteroatoms. The fourth-order valence-electron chi connectivity index (χ4n) is 3.61. The van der Waals surface area contributed by atoms with Crippen LogP contribution in [0.3, 0.4) is 0 Å². The first-order chi connectivity index (χ1) is 11.9. The molecule has 0 aliphatic carbocycles. The second-order valence-corrected chi connectivity index (χ2v) is 6.55. The van der Waals surface area contributed by atoms with Crippen molar-refractivity contribution >= 4 is 17.4 Å². The van der Waals surface area contributed by atoms with Crippen LogP contribution in [0, 0.1) is 0 Å². The van der Waals surface area contributed by atoms with Gasteiger partial charge in [0.2, 0.25) is 5.91 Å². The molecule has 2 heterocycles. The van der Waals surface area contributed by atoms with Crippen LogP contribution in [0.1, 0.15) is 20.8 Å². The largest absolute Gasteiger partial charge is 0.507 e. The van der Waals surface area contributed by atoms with E-state index in [0.717, 1.165) is 5.69 Å². The third kappa shape index (κ3) is 3.22. The van der Waals surface area contributed by atoms with E-state index in [-0.39, 0.29) is 23.7 Å². The van der Waals surface area contributed by atoms with Crippen LogP contribution in [0.25, 0.3) is 11.3 Å². The van der Waals surface area contributed by atoms with Crippen LogP contribution in [0.5, 0.6) is 5.75 Å². The maximum Gasteiger partial charge on any atom is 0.220 e. The summed E-state index contributed by atoms with van der Waals surface area (Å²) in [5.74, 6) is 0.570. The number of aromatic hydroxyl groups is 1. The van der Waals surface area contributed by atoms with Crippen molar-refractivity contribution in [2.45, 2.75) is 32.9 Å². The zero-order valence-corrected chi connectivity index (χ0v) is 14.7. The van der Waals surface area contributed by atoms with Gasteiger partial charge < -0.3 is 20.6 Å². The predicted octanol–water partition coefficient (Wildman–Crippen LogP) is 1.88. The SMILES string of the molecule is CC(=O)N1[C@@H](C)CN(c2cc(-c3ccccc3O)nnc2N)C[C@@H]1C. The lowest BCUT2D eigenvalue weighted by Crippen LogP contribution is -2.58. The van der Waals surface area contributed by atoms with Gasteiger partial charge in [-0.15, -0.1) is 10.2 Å². The quantitative estimate of drug-likeness (QED) is 0.866. The zero-order chi connectivity index (χ0) is 18.1. The molecule has 1 fully saturated rings. The standard InChI is InChI=1S/C18H23N5O2/c1-11-9-22(10-12(2)23(11)13(3)24)16-8-15(20-21-18(16)19)14-6-4-5-7-17(14)25/h4-8,11-12,25H,9-10H2,1-3H3,(H2,19,21)/t11-,12-/m0/s1. The molecule has 0 radical (unpaired) electrons. The van der Waals surface area contributed by atoms with E-state index in [9.17, 15) is 9.90 Å². The second kappa shape index (κ2) is 6.58. The minimum atomic E-state index is 0.0717. The van der Waals surface area contributed by atoms with Gasteiger partial charge >= 0.3 is 0 Å². The summed E-state index contributed by atoms with van der Waals surface area (Å²) in [4.78, 5) is 15.9. The molecule has 1 aliphatic heterocycles. The Kier molecular flexibility index (Phi) is 4.48. The molecule has 1 aromatic carbocycles. The fourth-order valence-corrected chi connectivity index (χ4v) is 3.61. The highest BCUT2D eigenvalue weighted by Crippen LogP contribution is 2.32. The molecular weight excluding hydrogens is 318 g/mol. The maximum atomic E-state index is 11.8. The van der Waals surface area contributed by atoms with Crippen molar-refractivity contribution in [1.82, 2.24) is 15.1 Å². The number of phenolic OH excluding ortho intramolecular Hbond substituents is 1. The molecule has 1 saturated heterocycles. The van der Waals surface area contributed by atoms with Gasteiger partial charge in [0.05, 0.1) is 11.4 Å². The van der Waals surface area contributed by atoms with Gasteiger partial charge in [0.1, 0.15) is 5.75 Å². The van der Waals surface area contributed by atoms with Crippen molar-refractivity contribution in [3.05, 3.63) is 30.3 Å². The van der Waals surface area contributed by atoms with Crippen molar-refractivity contribution in [3.8, 4) is 17.0 Å². The highest BCUT2D eigenvalue weighted by atomic mass is 16.3. The molecule has 0 bridgehead atoms. The van der Waals surface area contributed by atoms with E-state index in [0.29, 0.717) is 30.2 Å². The summed E-state index contributed by atoms with van der Waals surface area (Å²) in [6, 6.07) is 8.99. The van der Waals surface area contributed by atoms with Crippen LogP contribution < -0.4 is 10.6 Å². The molecule has 132 valence electrons. The topological polar surface area (TPSA) is 95.6 Å². The van der Waals surface area contributed by atoms with Gasteiger partial charge in [-0.1, -0.05) is 12.1 Å². The van der Waals surface area contributed by atoms with Gasteiger partial charge in [0, 0.05) is 37.7 Å². The van der Waals surface area contributed by atoms with Crippen LogP contribution >= 0.6 is 0 Å². The summed E-state index contributed by atoms with van der Waals surface area (Å²) in [7, 11) is 0. The van der Waals surface area contributed by atoms with Gasteiger partial charge in [-0.2, -0.15) is 0 Å². The highest BCUT2D eigenvalue weighted by molar-refractivity contribution is 5.76. The number of aromatic nitrogens is 2. The molecule has 7 nitrogen and oxygen atoms in total. The van der Waals surface area contributed by atoms with Crippen LogP contribution in [0.4, 0.5) is 11.5 Å². The van der Waals surface area contributed by atoms with Gasteiger partial charge in [-0.25, -0.2) is 0 Å². The first-order valence-electron chi connectivity index (χ1n) is 8.34. The average Bonchev–Trinajstić information content (AvgIpc) is 2.55. The van der Waals surface area contributed by atoms with Crippen LogP contribution in [0.2, 0.25) is 0 Å². The average molecular weight is 341 g/mol. The maximum absolute atomic E-state index is 11.8. The summed E-state index contributed by atoms with van der Waals surface area (Å²) < 4.78 is 0. The van der Waals surface area contributed by atoms with Crippen LogP contribution in [-0.2, 0) is 4.79 Å². The number of nitrogens with two attached hydrogens (primary N) is 1. The summed E-state index contributed by atoms with van der Waals surface area (Å²) in [5, 5.41) is 18.2. The van der Waals surface area contributed by atoms with E-state index in [1.165, 1.54) is 0 Å². The van der Waals surface area contributed by atoms with E-state index in [1.807, 2.05) is 30.9 Å². The first kappa shape index (κ1) is 17.0. The monoisotopic (exact) mass is 341 g/mol. The minimum Gasteiger partial charge on any atom is -0.507 e. The molecule has 0 spiro atoms. The number of phenols is 1. The van der Waals surface area contributed by atoms with Crippen molar-refractivity contribution < 1.29 is 9.90 Å². The Labute approximate surface area is 147 Å². The summed E-state index contributed by atoms with van der Waals surface area (Å²) in [6.07, 6.45) is 0. The van der Waals surface area contributed by atoms with Crippen molar-refractivity contribution in [1.29, 1.82) is 0 Å². The Balaban J connectivity index is 1.94. The lowest BCUT2D eigenvalue weighted by molar-refractivity contribution is -0.133. The number of carbonyl (C=O) groups excluding carboxylic acids is 1. The number of nitrogens with zero attached hydrogens (tertiary/aromatic N) is 4. The molecule has 1 aliphatic rings. The number of hydrogen-bond acceptors (Lipinski definition) is 6. The van der Waals surface area contributed by atoms with Crippen LogP contribution in [0.15, 0.2) is 30.3 Å². The van der Waals surface area contributed by atoms with E-state index in [1.54, 1.807) is 25.1 Å². The van der Waals surface area contributed by atoms with Crippen molar-refractivity contribution in [3.63, 3.8) is 0 Å². The van der Waals surface area contributed by atoms with Crippen LogP contribution in [-0.4, -0.2) is 51.3 Å².